The van der Waals surface area contributed by atoms with E-state index in [1.807, 2.05) is 0 Å². The van der Waals surface area contributed by atoms with Crippen molar-refractivity contribution in [2.45, 2.75) is 61.2 Å². The molecule has 0 aromatic rings. The Bertz CT molecular complexity index is 684. The van der Waals surface area contributed by atoms with Crippen LogP contribution < -0.4 is 0 Å². The first-order valence-electron chi connectivity index (χ1n) is 8.92. The number of likely N-dealkylation sites (tertiary alicyclic amines) is 1. The van der Waals surface area contributed by atoms with Gasteiger partial charge in [0.25, 0.3) is 5.91 Å². The lowest BCUT2D eigenvalue weighted by atomic mass is 9.81. The topological polar surface area (TPSA) is 274 Å². The maximum Gasteiger partial charge on any atom is 0.278 e. The molecule has 15 nitrogen and oxygen atoms in total. The van der Waals surface area contributed by atoms with Gasteiger partial charge in [-0.15, -0.1) is 0 Å². The van der Waals surface area contributed by atoms with Gasteiger partial charge in [0.1, 0.15) is 42.7 Å². The summed E-state index contributed by atoms with van der Waals surface area (Å²) in [7, 11) is 0. The van der Waals surface area contributed by atoms with Crippen LogP contribution in [0.2, 0.25) is 0 Å². The number of amides is 3. The van der Waals surface area contributed by atoms with Gasteiger partial charge in [0.05, 0.1) is 13.2 Å². The van der Waals surface area contributed by atoms with Gasteiger partial charge in [-0.1, -0.05) is 0 Å². The number of hydrogen-bond donors (Lipinski definition) is 10. The normalized spacial score (nSPS) is 23.5. The largest absolute Gasteiger partial charge is 0.394 e. The first-order valence-corrected chi connectivity index (χ1v) is 8.92. The van der Waals surface area contributed by atoms with Crippen molar-refractivity contribution in [2.24, 2.45) is 0 Å². The van der Waals surface area contributed by atoms with Crippen molar-refractivity contribution < 1.29 is 70.2 Å². The van der Waals surface area contributed by atoms with Gasteiger partial charge in [0, 0.05) is 12.8 Å². The summed E-state index contributed by atoms with van der Waals surface area (Å²) in [5.74, 6) is -6.80. The quantitative estimate of drug-likeness (QED) is 0.102. The highest BCUT2D eigenvalue weighted by molar-refractivity contribution is 6.23. The third-order valence-corrected chi connectivity index (χ3v) is 4.81. The minimum atomic E-state index is -4.05. The lowest BCUT2D eigenvalue weighted by molar-refractivity contribution is -0.198. The average Bonchev–Trinajstić information content (AvgIpc) is 3.11. The lowest BCUT2D eigenvalue weighted by Crippen LogP contribution is -2.69. The van der Waals surface area contributed by atoms with E-state index < -0.39 is 97.9 Å². The van der Waals surface area contributed by atoms with Crippen LogP contribution in [-0.4, -0.2) is 141 Å². The second-order valence-electron chi connectivity index (χ2n) is 6.92. The van der Waals surface area contributed by atoms with Gasteiger partial charge >= 0.3 is 0 Å². The number of imide groups is 3. The van der Waals surface area contributed by atoms with E-state index in [-0.39, 0.29) is 4.90 Å². The van der Waals surface area contributed by atoms with E-state index in [9.17, 15) is 60.0 Å². The van der Waals surface area contributed by atoms with Crippen LogP contribution in [0, 0.1) is 0 Å². The number of carbonyl (C=O) groups is 4. The van der Waals surface area contributed by atoms with Crippen molar-refractivity contribution in [3.05, 3.63) is 0 Å². The van der Waals surface area contributed by atoms with Crippen molar-refractivity contribution in [1.29, 1.82) is 0 Å². The Morgan fingerprint density at radius 2 is 1.23 bits per heavy atom. The molecule has 1 saturated heterocycles. The highest BCUT2D eigenvalue weighted by atomic mass is 16.4. The molecule has 15 heteroatoms. The minimum absolute atomic E-state index is 0.239. The highest BCUT2D eigenvalue weighted by Gasteiger charge is 2.60. The molecule has 31 heavy (non-hydrogen) atoms. The molecule has 1 heterocycles. The lowest BCUT2D eigenvalue weighted by Gasteiger charge is -2.37. The van der Waals surface area contributed by atoms with E-state index >= 15 is 0 Å². The average molecular weight is 455 g/mol. The SMILES string of the molecule is O=C1CCC(=O)N1C(=O)C(O)(C(=O)C(O)C(O)C(O)C(O)CO)C(O)C(O)C(O)CO. The Labute approximate surface area is 174 Å². The van der Waals surface area contributed by atoms with E-state index in [4.69, 9.17) is 10.2 Å². The fraction of sp³-hybridized carbons (Fsp3) is 0.750. The minimum Gasteiger partial charge on any atom is -0.394 e. The first-order chi connectivity index (χ1) is 14.3. The van der Waals surface area contributed by atoms with Crippen LogP contribution in [0.15, 0.2) is 0 Å². The summed E-state index contributed by atoms with van der Waals surface area (Å²) in [6.07, 6.45) is -19.2. The van der Waals surface area contributed by atoms with Gasteiger partial charge in [0.15, 0.2) is 0 Å². The number of rotatable bonds is 11. The van der Waals surface area contributed by atoms with E-state index in [0.29, 0.717) is 0 Å². The standard InChI is InChI=1S/C16H25NO14/c18-3-5(20)9(24)11(26)12(27)14(29)16(31,13(28)10(25)6(21)4-19)15(30)17-7(22)1-2-8(17)23/h5-6,9-13,18-21,24-28,31H,1-4H2. The van der Waals surface area contributed by atoms with Crippen molar-refractivity contribution in [3.63, 3.8) is 0 Å². The zero-order chi connectivity index (χ0) is 24.3. The molecule has 8 unspecified atom stereocenters. The van der Waals surface area contributed by atoms with E-state index in [2.05, 4.69) is 0 Å². The first kappa shape index (κ1) is 27.1. The highest BCUT2D eigenvalue weighted by Crippen LogP contribution is 2.27. The fourth-order valence-corrected chi connectivity index (χ4v) is 2.82. The molecule has 3 amide bonds. The predicted octanol–water partition coefficient (Wildman–Crippen LogP) is -7.53. The van der Waals surface area contributed by atoms with Crippen LogP contribution in [-0.2, 0) is 19.2 Å². The molecule has 0 aliphatic carbocycles. The van der Waals surface area contributed by atoms with Crippen molar-refractivity contribution in [1.82, 2.24) is 4.90 Å². The zero-order valence-electron chi connectivity index (χ0n) is 15.9. The molecule has 178 valence electrons. The third-order valence-electron chi connectivity index (χ3n) is 4.81. The van der Waals surface area contributed by atoms with Crippen LogP contribution in [0.4, 0.5) is 0 Å². The summed E-state index contributed by atoms with van der Waals surface area (Å²) in [6.45, 7) is -2.39. The molecule has 10 N–H and O–H groups in total. The predicted molar refractivity (Wildman–Crippen MR) is 92.3 cm³/mol. The zero-order valence-corrected chi connectivity index (χ0v) is 15.9. The third kappa shape index (κ3) is 5.12. The number of carbonyl (C=O) groups excluding carboxylic acids is 4. The second-order valence-corrected chi connectivity index (χ2v) is 6.92. The monoisotopic (exact) mass is 455 g/mol. The Kier molecular flexibility index (Phi) is 9.27. The number of hydrogen-bond acceptors (Lipinski definition) is 14. The van der Waals surface area contributed by atoms with E-state index in [0.717, 1.165) is 0 Å². The van der Waals surface area contributed by atoms with Gasteiger partial charge in [-0.25, -0.2) is 4.90 Å². The van der Waals surface area contributed by atoms with Crippen LogP contribution in [0.1, 0.15) is 12.8 Å². The molecule has 8 atom stereocenters. The molecule has 0 spiro atoms. The van der Waals surface area contributed by atoms with Crippen molar-refractivity contribution in [3.8, 4) is 0 Å². The molecule has 0 bridgehead atoms. The van der Waals surface area contributed by atoms with Crippen molar-refractivity contribution in [2.75, 3.05) is 13.2 Å². The number of ketones is 1. The van der Waals surface area contributed by atoms with Gasteiger partial charge in [-0.3, -0.25) is 19.2 Å². The summed E-state index contributed by atoms with van der Waals surface area (Å²) >= 11 is 0. The van der Waals surface area contributed by atoms with Gasteiger partial charge in [-0.05, 0) is 0 Å². The summed E-state index contributed by atoms with van der Waals surface area (Å²) in [5, 5.41) is 96.8. The van der Waals surface area contributed by atoms with E-state index in [1.54, 1.807) is 0 Å². The Morgan fingerprint density at radius 3 is 1.65 bits per heavy atom. The van der Waals surface area contributed by atoms with Crippen LogP contribution in [0.3, 0.4) is 0 Å². The molecular formula is C16H25NO14. The van der Waals surface area contributed by atoms with Crippen molar-refractivity contribution >= 4 is 23.5 Å². The molecule has 0 saturated carbocycles. The maximum atomic E-state index is 12.7. The molecule has 0 aromatic carbocycles. The number of Topliss-reactive ketones (excluding diaryl/α,β-unsaturated/α-hetero) is 1. The van der Waals surface area contributed by atoms with Gasteiger partial charge < -0.3 is 51.1 Å². The molecule has 1 aliphatic rings. The Morgan fingerprint density at radius 1 is 0.806 bits per heavy atom. The van der Waals surface area contributed by atoms with Crippen LogP contribution in [0.25, 0.3) is 0 Å². The summed E-state index contributed by atoms with van der Waals surface area (Å²) in [4.78, 5) is 48.8. The number of aliphatic hydroxyl groups is 10. The van der Waals surface area contributed by atoms with Crippen LogP contribution in [0.5, 0.6) is 0 Å². The molecule has 0 radical (unpaired) electrons. The fourth-order valence-electron chi connectivity index (χ4n) is 2.82. The molecule has 0 aromatic heterocycles. The second kappa shape index (κ2) is 10.6. The Hall–Kier alpha value is -1.92. The summed E-state index contributed by atoms with van der Waals surface area (Å²) in [6, 6.07) is 0. The molecule has 1 rings (SSSR count). The summed E-state index contributed by atoms with van der Waals surface area (Å²) in [5.41, 5.74) is -4.05. The van der Waals surface area contributed by atoms with Gasteiger partial charge in [0.2, 0.25) is 23.2 Å². The number of nitrogens with zero attached hydrogens (tertiary/aromatic N) is 1. The smallest absolute Gasteiger partial charge is 0.278 e. The molecule has 1 aliphatic heterocycles. The Balaban J connectivity index is 3.44. The molecule has 1 fully saturated rings. The number of aliphatic hydroxyl groups excluding tert-OH is 9. The summed E-state index contributed by atoms with van der Waals surface area (Å²) < 4.78 is 0. The molecular weight excluding hydrogens is 430 g/mol. The van der Waals surface area contributed by atoms with Crippen LogP contribution >= 0.6 is 0 Å². The van der Waals surface area contributed by atoms with E-state index in [1.165, 1.54) is 0 Å². The van der Waals surface area contributed by atoms with Gasteiger partial charge in [-0.2, -0.15) is 0 Å². The maximum absolute atomic E-state index is 12.7.